The molecule has 2 aromatic heterocycles. The summed E-state index contributed by atoms with van der Waals surface area (Å²) in [7, 11) is 1.53. The molecular weight excluding hydrogens is 395 g/mol. The molecule has 0 saturated heterocycles. The van der Waals surface area contributed by atoms with Gasteiger partial charge in [-0.1, -0.05) is 29.3 Å². The van der Waals surface area contributed by atoms with Crippen molar-refractivity contribution in [1.82, 2.24) is 19.6 Å². The first-order valence-corrected chi connectivity index (χ1v) is 8.48. The highest BCUT2D eigenvalue weighted by atomic mass is 35.5. The predicted octanol–water partition coefficient (Wildman–Crippen LogP) is 3.44. The molecule has 0 saturated carbocycles. The lowest BCUT2D eigenvalue weighted by molar-refractivity contribution is -0.385. The molecule has 9 nitrogen and oxygen atoms in total. The zero-order chi connectivity index (χ0) is 19.7. The zero-order valence-electron chi connectivity index (χ0n) is 14.3. The van der Waals surface area contributed by atoms with Gasteiger partial charge in [0.05, 0.1) is 11.5 Å². The third-order valence-corrected chi connectivity index (χ3v) is 4.52. The topological polar surface area (TPSA) is 108 Å². The standard InChI is InChI=1S/C16H14Cl2N6O3/c1-9-15(24(26)27)14(21-22(9)2)16(25)19-13-5-6-23(20-13)8-10-3-4-11(17)7-12(10)18/h3-7H,8H2,1-2H3,(H,19,20,25). The van der Waals surface area contributed by atoms with E-state index < -0.39 is 10.8 Å². The normalized spacial score (nSPS) is 10.8. The maximum absolute atomic E-state index is 12.4. The SMILES string of the molecule is Cc1c([N+](=O)[O-])c(C(=O)Nc2ccn(Cc3ccc(Cl)cc3Cl)n2)nn1C. The third kappa shape index (κ3) is 3.93. The second kappa shape index (κ2) is 7.37. The molecule has 0 radical (unpaired) electrons. The maximum Gasteiger partial charge on any atom is 0.322 e. The van der Waals surface area contributed by atoms with Crippen molar-refractivity contribution in [2.45, 2.75) is 13.5 Å². The van der Waals surface area contributed by atoms with Gasteiger partial charge >= 0.3 is 5.69 Å². The van der Waals surface area contributed by atoms with E-state index in [4.69, 9.17) is 23.2 Å². The zero-order valence-corrected chi connectivity index (χ0v) is 15.8. The van der Waals surface area contributed by atoms with Crippen molar-refractivity contribution in [2.24, 2.45) is 7.05 Å². The predicted molar refractivity (Wildman–Crippen MR) is 100 cm³/mol. The molecule has 0 aliphatic heterocycles. The van der Waals surface area contributed by atoms with E-state index in [1.165, 1.54) is 18.7 Å². The van der Waals surface area contributed by atoms with Crippen molar-refractivity contribution < 1.29 is 9.72 Å². The largest absolute Gasteiger partial charge is 0.322 e. The Bertz CT molecular complexity index is 1040. The number of benzene rings is 1. The summed E-state index contributed by atoms with van der Waals surface area (Å²) in [6.45, 7) is 1.89. The van der Waals surface area contributed by atoms with Gasteiger partial charge in [-0.05, 0) is 24.6 Å². The summed E-state index contributed by atoms with van der Waals surface area (Å²) in [5, 5.41) is 22.9. The highest BCUT2D eigenvalue weighted by Gasteiger charge is 2.29. The number of carbonyl (C=O) groups excluding carboxylic acids is 1. The van der Waals surface area contributed by atoms with E-state index in [0.717, 1.165) is 5.56 Å². The fraction of sp³-hybridized carbons (Fsp3) is 0.188. The Hall–Kier alpha value is -2.91. The third-order valence-electron chi connectivity index (χ3n) is 3.93. The van der Waals surface area contributed by atoms with Crippen LogP contribution in [0.4, 0.5) is 11.5 Å². The average molecular weight is 409 g/mol. The molecule has 27 heavy (non-hydrogen) atoms. The molecule has 0 aliphatic carbocycles. The molecule has 1 aromatic carbocycles. The second-order valence-electron chi connectivity index (χ2n) is 5.75. The van der Waals surface area contributed by atoms with E-state index in [1.807, 2.05) is 0 Å². The molecule has 11 heteroatoms. The smallest absolute Gasteiger partial charge is 0.303 e. The van der Waals surface area contributed by atoms with Gasteiger partial charge in [0.2, 0.25) is 5.69 Å². The van der Waals surface area contributed by atoms with E-state index in [-0.39, 0.29) is 22.9 Å². The maximum atomic E-state index is 12.4. The number of nitro groups is 1. The average Bonchev–Trinajstić information content (AvgIpc) is 3.15. The number of hydrogen-bond donors (Lipinski definition) is 1. The van der Waals surface area contributed by atoms with Gasteiger partial charge in [0.15, 0.2) is 5.82 Å². The molecule has 2 heterocycles. The van der Waals surface area contributed by atoms with Crippen molar-refractivity contribution in [2.75, 3.05) is 5.32 Å². The minimum absolute atomic E-state index is 0.239. The van der Waals surface area contributed by atoms with Crippen molar-refractivity contribution in [3.8, 4) is 0 Å². The Morgan fingerprint density at radius 3 is 2.70 bits per heavy atom. The first-order chi connectivity index (χ1) is 12.8. The van der Waals surface area contributed by atoms with Crippen molar-refractivity contribution in [3.63, 3.8) is 0 Å². The molecule has 1 amide bonds. The number of amides is 1. The van der Waals surface area contributed by atoms with Crippen LogP contribution >= 0.6 is 23.2 Å². The summed E-state index contributed by atoms with van der Waals surface area (Å²) in [6, 6.07) is 6.71. The van der Waals surface area contributed by atoms with Crippen LogP contribution in [0.15, 0.2) is 30.5 Å². The fourth-order valence-electron chi connectivity index (χ4n) is 2.48. The lowest BCUT2D eigenvalue weighted by Crippen LogP contribution is -2.15. The van der Waals surface area contributed by atoms with Crippen LogP contribution in [-0.4, -0.2) is 30.4 Å². The lowest BCUT2D eigenvalue weighted by Gasteiger charge is -2.05. The number of carbonyl (C=O) groups is 1. The Balaban J connectivity index is 1.77. The van der Waals surface area contributed by atoms with Crippen LogP contribution < -0.4 is 5.32 Å². The Kier molecular flexibility index (Phi) is 5.15. The van der Waals surface area contributed by atoms with Crippen molar-refractivity contribution in [3.05, 3.63) is 67.6 Å². The van der Waals surface area contributed by atoms with Crippen molar-refractivity contribution in [1.29, 1.82) is 0 Å². The fourth-order valence-corrected chi connectivity index (χ4v) is 2.95. The molecule has 0 bridgehead atoms. The van der Waals surface area contributed by atoms with Gasteiger partial charge in [-0.2, -0.15) is 10.2 Å². The van der Waals surface area contributed by atoms with Gasteiger partial charge in [0, 0.05) is 29.4 Å². The van der Waals surface area contributed by atoms with E-state index >= 15 is 0 Å². The molecule has 0 spiro atoms. The minimum atomic E-state index is -0.708. The minimum Gasteiger partial charge on any atom is -0.303 e. The van der Waals surface area contributed by atoms with Crippen molar-refractivity contribution >= 4 is 40.6 Å². The Morgan fingerprint density at radius 2 is 2.04 bits per heavy atom. The summed E-state index contributed by atoms with van der Waals surface area (Å²) in [5.41, 5.74) is 0.490. The summed E-state index contributed by atoms with van der Waals surface area (Å²) in [5.74, 6) is -0.470. The van der Waals surface area contributed by atoms with E-state index in [1.54, 1.807) is 35.1 Å². The number of aryl methyl sites for hydroxylation is 1. The number of nitrogens with zero attached hydrogens (tertiary/aromatic N) is 5. The number of halogens is 2. The summed E-state index contributed by atoms with van der Waals surface area (Å²) in [6.07, 6.45) is 1.65. The number of anilines is 1. The van der Waals surface area contributed by atoms with Crippen LogP contribution in [0.3, 0.4) is 0 Å². The van der Waals surface area contributed by atoms with Crippen LogP contribution in [0.1, 0.15) is 21.7 Å². The lowest BCUT2D eigenvalue weighted by atomic mass is 10.2. The van der Waals surface area contributed by atoms with Gasteiger partial charge in [-0.3, -0.25) is 24.3 Å². The number of aromatic nitrogens is 4. The number of rotatable bonds is 5. The van der Waals surface area contributed by atoms with Crippen LogP contribution in [0.5, 0.6) is 0 Å². The molecule has 1 N–H and O–H groups in total. The summed E-state index contributed by atoms with van der Waals surface area (Å²) < 4.78 is 2.86. The van der Waals surface area contributed by atoms with Crippen LogP contribution in [-0.2, 0) is 13.6 Å². The van der Waals surface area contributed by atoms with Gasteiger partial charge in [0.25, 0.3) is 5.91 Å². The van der Waals surface area contributed by atoms with Crippen LogP contribution in [0, 0.1) is 17.0 Å². The first kappa shape index (κ1) is 18.9. The van der Waals surface area contributed by atoms with Gasteiger partial charge < -0.3 is 5.32 Å². The highest BCUT2D eigenvalue weighted by Crippen LogP contribution is 2.24. The number of hydrogen-bond acceptors (Lipinski definition) is 5. The van der Waals surface area contributed by atoms with Gasteiger partial charge in [-0.25, -0.2) is 0 Å². The monoisotopic (exact) mass is 408 g/mol. The molecule has 140 valence electrons. The van der Waals surface area contributed by atoms with E-state index in [9.17, 15) is 14.9 Å². The van der Waals surface area contributed by atoms with Gasteiger partial charge in [-0.15, -0.1) is 0 Å². The summed E-state index contributed by atoms with van der Waals surface area (Å²) >= 11 is 12.0. The molecule has 0 unspecified atom stereocenters. The second-order valence-corrected chi connectivity index (χ2v) is 6.60. The Labute approximate surface area is 163 Å². The Morgan fingerprint density at radius 1 is 1.30 bits per heavy atom. The number of nitrogens with one attached hydrogen (secondary N) is 1. The first-order valence-electron chi connectivity index (χ1n) is 7.73. The molecule has 0 fully saturated rings. The van der Waals surface area contributed by atoms with E-state index in [2.05, 4.69) is 15.5 Å². The summed E-state index contributed by atoms with van der Waals surface area (Å²) in [4.78, 5) is 23.0. The molecule has 0 aliphatic rings. The van der Waals surface area contributed by atoms with Crippen LogP contribution in [0.25, 0.3) is 0 Å². The van der Waals surface area contributed by atoms with Gasteiger partial charge in [0.1, 0.15) is 5.69 Å². The molecule has 3 aromatic rings. The molecule has 0 atom stereocenters. The highest BCUT2D eigenvalue weighted by molar-refractivity contribution is 6.35. The van der Waals surface area contributed by atoms with Crippen LogP contribution in [0.2, 0.25) is 10.0 Å². The van der Waals surface area contributed by atoms with E-state index in [0.29, 0.717) is 16.6 Å². The molecule has 3 rings (SSSR count). The molecular formula is C16H14Cl2N6O3. The quantitative estimate of drug-likeness (QED) is 0.513.